The van der Waals surface area contributed by atoms with Gasteiger partial charge in [0.2, 0.25) is 0 Å². The van der Waals surface area contributed by atoms with Gasteiger partial charge < -0.3 is 4.74 Å². The van der Waals surface area contributed by atoms with Crippen molar-refractivity contribution in [2.45, 2.75) is 57.3 Å². The zero-order chi connectivity index (χ0) is 16.1. The van der Waals surface area contributed by atoms with E-state index in [-0.39, 0.29) is 0 Å². The van der Waals surface area contributed by atoms with Crippen molar-refractivity contribution < 1.29 is 4.74 Å². The highest BCUT2D eigenvalue weighted by Gasteiger charge is 2.30. The number of ether oxygens (including phenoxy) is 1. The number of allylic oxidation sites excluding steroid dienone is 1. The number of hydrogen-bond acceptors (Lipinski definition) is 1. The lowest BCUT2D eigenvalue weighted by Gasteiger charge is -2.37. The van der Waals surface area contributed by atoms with Gasteiger partial charge in [-0.25, -0.2) is 0 Å². The topological polar surface area (TPSA) is 9.23 Å². The number of methoxy groups -OCH3 is 1. The molecule has 2 saturated carbocycles. The fourth-order valence-corrected chi connectivity index (χ4v) is 5.14. The zero-order valence-electron chi connectivity index (χ0n) is 14.2. The Bertz CT molecular complexity index is 491. The largest absolute Gasteiger partial charge is 0.497 e. The maximum absolute atomic E-state index is 5.27. The second-order valence-electron chi connectivity index (χ2n) is 7.38. The molecule has 1 nitrogen and oxygen atoms in total. The molecule has 0 aliphatic heterocycles. The van der Waals surface area contributed by atoms with Crippen LogP contribution in [0.4, 0.5) is 0 Å². The Morgan fingerprint density at radius 3 is 1.96 bits per heavy atom. The van der Waals surface area contributed by atoms with E-state index in [1.54, 1.807) is 7.11 Å². The van der Waals surface area contributed by atoms with Crippen LogP contribution >= 0.6 is 15.9 Å². The highest BCUT2D eigenvalue weighted by Crippen LogP contribution is 2.44. The second kappa shape index (κ2) is 8.37. The summed E-state index contributed by atoms with van der Waals surface area (Å²) >= 11 is 3.43. The fraction of sp³-hybridized carbons (Fsp3) is 0.619. The molecule has 0 spiro atoms. The normalized spacial score (nSPS) is 32.1. The van der Waals surface area contributed by atoms with Gasteiger partial charge in [-0.3, -0.25) is 0 Å². The fourth-order valence-electron chi connectivity index (χ4n) is 4.71. The Morgan fingerprint density at radius 1 is 0.870 bits per heavy atom. The molecule has 3 rings (SSSR count). The molecule has 126 valence electrons. The minimum absolute atomic E-state index is 0.768. The summed E-state index contributed by atoms with van der Waals surface area (Å²) < 4.78 is 5.27. The highest BCUT2D eigenvalue weighted by molar-refractivity contribution is 9.11. The number of benzene rings is 1. The summed E-state index contributed by atoms with van der Waals surface area (Å²) in [6.45, 7) is 0. The highest BCUT2D eigenvalue weighted by atomic mass is 79.9. The molecule has 0 radical (unpaired) electrons. The third-order valence-electron chi connectivity index (χ3n) is 6.19. The molecule has 2 aliphatic rings. The summed E-state index contributed by atoms with van der Waals surface area (Å²) in [5, 5.41) is 0. The molecule has 0 heterocycles. The molecule has 0 N–H and O–H groups in total. The van der Waals surface area contributed by atoms with Gasteiger partial charge >= 0.3 is 0 Å². The summed E-state index contributed by atoms with van der Waals surface area (Å²) in [7, 11) is 1.74. The van der Waals surface area contributed by atoms with Crippen molar-refractivity contribution in [3.8, 4) is 5.75 Å². The Kier molecular flexibility index (Phi) is 6.21. The van der Waals surface area contributed by atoms with Crippen LogP contribution in [0.2, 0.25) is 0 Å². The van der Waals surface area contributed by atoms with Gasteiger partial charge in [-0.15, -0.1) is 0 Å². The summed E-state index contributed by atoms with van der Waals surface area (Å²) in [4.78, 5) is 2.05. The molecule has 0 atom stereocenters. The number of rotatable bonds is 4. The molecule has 2 heteroatoms. The lowest BCUT2D eigenvalue weighted by Crippen LogP contribution is -2.25. The maximum Gasteiger partial charge on any atom is 0.118 e. The Labute approximate surface area is 149 Å². The van der Waals surface area contributed by atoms with E-state index in [0.717, 1.165) is 29.4 Å². The first-order valence-corrected chi connectivity index (χ1v) is 10.1. The van der Waals surface area contributed by atoms with E-state index in [0.29, 0.717) is 0 Å². The average molecular weight is 377 g/mol. The van der Waals surface area contributed by atoms with Gasteiger partial charge in [-0.05, 0) is 97.7 Å². The molecule has 23 heavy (non-hydrogen) atoms. The first kappa shape index (κ1) is 17.1. The van der Waals surface area contributed by atoms with E-state index < -0.39 is 0 Å². The van der Waals surface area contributed by atoms with Crippen LogP contribution in [0.15, 0.2) is 35.3 Å². The molecule has 0 saturated heterocycles. The predicted octanol–water partition coefficient (Wildman–Crippen LogP) is 6.68. The van der Waals surface area contributed by atoms with Crippen LogP contribution in [0.1, 0.15) is 62.8 Å². The number of hydrogen-bond donors (Lipinski definition) is 0. The van der Waals surface area contributed by atoms with Crippen molar-refractivity contribution in [1.29, 1.82) is 0 Å². The summed E-state index contributed by atoms with van der Waals surface area (Å²) in [5.41, 5.74) is 1.51. The molecule has 0 unspecified atom stereocenters. The van der Waals surface area contributed by atoms with Crippen LogP contribution in [0, 0.1) is 17.8 Å². The third kappa shape index (κ3) is 4.41. The van der Waals surface area contributed by atoms with Crippen LogP contribution in [0.3, 0.4) is 0 Å². The summed E-state index contributed by atoms with van der Waals surface area (Å²) in [6.07, 6.45) is 13.6. The lowest BCUT2D eigenvalue weighted by molar-refractivity contribution is 0.171. The predicted molar refractivity (Wildman–Crippen MR) is 101 cm³/mol. The maximum atomic E-state index is 5.27. The lowest BCUT2D eigenvalue weighted by atomic mass is 9.68. The summed E-state index contributed by atoms with van der Waals surface area (Å²) in [5.74, 6) is 4.54. The van der Waals surface area contributed by atoms with Gasteiger partial charge in [-0.2, -0.15) is 0 Å². The van der Waals surface area contributed by atoms with Gasteiger partial charge in [0.05, 0.1) is 7.11 Å². The van der Waals surface area contributed by atoms with Crippen LogP contribution < -0.4 is 4.74 Å². The van der Waals surface area contributed by atoms with Crippen molar-refractivity contribution in [2.24, 2.45) is 17.8 Å². The van der Waals surface area contributed by atoms with E-state index in [4.69, 9.17) is 4.74 Å². The zero-order valence-corrected chi connectivity index (χ0v) is 15.8. The van der Waals surface area contributed by atoms with Gasteiger partial charge in [0.25, 0.3) is 0 Å². The Balaban J connectivity index is 1.48. The van der Waals surface area contributed by atoms with Crippen LogP contribution in [-0.4, -0.2) is 7.11 Å². The quantitative estimate of drug-likeness (QED) is 0.568. The minimum Gasteiger partial charge on any atom is -0.497 e. The first-order chi connectivity index (χ1) is 11.3. The Morgan fingerprint density at radius 2 is 1.43 bits per heavy atom. The SMILES string of the molecule is COc1ccc(C2CCC(C3CCC(C=CBr)CC3)CC2)cc1. The Hall–Kier alpha value is -0.760. The molecule has 2 fully saturated rings. The number of halogens is 1. The monoisotopic (exact) mass is 376 g/mol. The first-order valence-electron chi connectivity index (χ1n) is 9.21. The standard InChI is InChI=1S/C21H29BrO/c1-23-21-12-10-20(11-13-21)19-8-6-18(7-9-19)17-4-2-16(3-5-17)14-15-22/h10-19H,2-9H2,1H3. The van der Waals surface area contributed by atoms with E-state index in [2.05, 4.69) is 51.3 Å². The molecular formula is C21H29BrO. The molecule has 0 bridgehead atoms. The van der Waals surface area contributed by atoms with Crippen molar-refractivity contribution >= 4 is 15.9 Å². The van der Waals surface area contributed by atoms with Gasteiger partial charge in [0.1, 0.15) is 5.75 Å². The summed E-state index contributed by atoms with van der Waals surface area (Å²) in [6, 6.07) is 8.75. The minimum atomic E-state index is 0.768. The second-order valence-corrected chi connectivity index (χ2v) is 7.91. The van der Waals surface area contributed by atoms with Crippen LogP contribution in [0.25, 0.3) is 0 Å². The molecule has 1 aromatic rings. The van der Waals surface area contributed by atoms with Crippen molar-refractivity contribution in [1.82, 2.24) is 0 Å². The molecule has 2 aliphatic carbocycles. The molecule has 0 amide bonds. The average Bonchev–Trinajstić information content (AvgIpc) is 2.63. The van der Waals surface area contributed by atoms with E-state index in [9.17, 15) is 0 Å². The van der Waals surface area contributed by atoms with Crippen molar-refractivity contribution in [2.75, 3.05) is 7.11 Å². The van der Waals surface area contributed by atoms with Crippen molar-refractivity contribution in [3.63, 3.8) is 0 Å². The van der Waals surface area contributed by atoms with E-state index in [1.807, 2.05) is 0 Å². The van der Waals surface area contributed by atoms with Crippen LogP contribution in [-0.2, 0) is 0 Å². The van der Waals surface area contributed by atoms with E-state index in [1.165, 1.54) is 56.9 Å². The van der Waals surface area contributed by atoms with Gasteiger partial charge in [-0.1, -0.05) is 34.1 Å². The van der Waals surface area contributed by atoms with Gasteiger partial charge in [0, 0.05) is 0 Å². The molecule has 0 aromatic heterocycles. The third-order valence-corrected chi connectivity index (χ3v) is 6.49. The van der Waals surface area contributed by atoms with Crippen molar-refractivity contribution in [3.05, 3.63) is 40.9 Å². The van der Waals surface area contributed by atoms with E-state index >= 15 is 0 Å². The van der Waals surface area contributed by atoms with Crippen LogP contribution in [0.5, 0.6) is 5.75 Å². The molecular weight excluding hydrogens is 348 g/mol. The molecule has 1 aromatic carbocycles. The van der Waals surface area contributed by atoms with Gasteiger partial charge in [0.15, 0.2) is 0 Å². The smallest absolute Gasteiger partial charge is 0.118 e.